The second-order valence-corrected chi connectivity index (χ2v) is 6.11. The van der Waals surface area contributed by atoms with E-state index in [-0.39, 0.29) is 0 Å². The standard InChI is InChI=1S/C18H21N3/c1-2-4-18-15(3-1)9-10-21(18)13-17-6-5-14(12-20-17)11-19-16-7-8-16/h1-6,12,16,19H,7-11,13H2. The van der Waals surface area contributed by atoms with Crippen molar-refractivity contribution in [3.05, 3.63) is 59.4 Å². The van der Waals surface area contributed by atoms with Crippen LogP contribution in [0.5, 0.6) is 0 Å². The lowest BCUT2D eigenvalue weighted by Crippen LogP contribution is -2.20. The molecular formula is C18H21N3. The molecule has 0 saturated heterocycles. The molecule has 1 aliphatic carbocycles. The number of hydrogen-bond donors (Lipinski definition) is 1. The van der Waals surface area contributed by atoms with E-state index in [1.54, 1.807) is 0 Å². The highest BCUT2D eigenvalue weighted by Gasteiger charge is 2.20. The number of anilines is 1. The number of fused-ring (bicyclic) bond motifs is 1. The number of para-hydroxylation sites is 1. The lowest BCUT2D eigenvalue weighted by Gasteiger charge is -2.19. The molecule has 0 bridgehead atoms. The van der Waals surface area contributed by atoms with E-state index in [9.17, 15) is 0 Å². The van der Waals surface area contributed by atoms with Crippen LogP contribution in [0.2, 0.25) is 0 Å². The summed E-state index contributed by atoms with van der Waals surface area (Å²) in [4.78, 5) is 7.06. The molecule has 2 aromatic rings. The van der Waals surface area contributed by atoms with E-state index in [1.165, 1.54) is 29.7 Å². The third kappa shape index (κ3) is 2.93. The van der Waals surface area contributed by atoms with Gasteiger partial charge in [0.2, 0.25) is 0 Å². The van der Waals surface area contributed by atoms with Crippen molar-refractivity contribution >= 4 is 5.69 Å². The van der Waals surface area contributed by atoms with E-state index in [2.05, 4.69) is 51.6 Å². The summed E-state index contributed by atoms with van der Waals surface area (Å²) in [6.45, 7) is 2.96. The maximum absolute atomic E-state index is 4.63. The fourth-order valence-corrected chi connectivity index (χ4v) is 2.97. The first-order valence-electron chi connectivity index (χ1n) is 7.88. The van der Waals surface area contributed by atoms with Crippen molar-refractivity contribution < 1.29 is 0 Å². The fourth-order valence-electron chi connectivity index (χ4n) is 2.97. The van der Waals surface area contributed by atoms with Gasteiger partial charge in [-0.15, -0.1) is 0 Å². The van der Waals surface area contributed by atoms with Crippen LogP contribution in [-0.4, -0.2) is 17.6 Å². The Balaban J connectivity index is 1.40. The molecule has 4 rings (SSSR count). The topological polar surface area (TPSA) is 28.2 Å². The molecule has 0 radical (unpaired) electrons. The minimum absolute atomic E-state index is 0.755. The van der Waals surface area contributed by atoms with Crippen molar-refractivity contribution in [3.63, 3.8) is 0 Å². The van der Waals surface area contributed by atoms with E-state index < -0.39 is 0 Å². The summed E-state index contributed by atoms with van der Waals surface area (Å²) >= 11 is 0. The highest BCUT2D eigenvalue weighted by atomic mass is 15.2. The van der Waals surface area contributed by atoms with E-state index >= 15 is 0 Å². The molecular weight excluding hydrogens is 258 g/mol. The van der Waals surface area contributed by atoms with Crippen LogP contribution in [0, 0.1) is 0 Å². The molecule has 3 heteroatoms. The summed E-state index contributed by atoms with van der Waals surface area (Å²) in [5.74, 6) is 0. The molecule has 1 N–H and O–H groups in total. The Morgan fingerprint density at radius 2 is 2.05 bits per heavy atom. The summed E-state index contributed by atoms with van der Waals surface area (Å²) in [5, 5.41) is 3.53. The van der Waals surface area contributed by atoms with Crippen molar-refractivity contribution in [1.29, 1.82) is 0 Å². The Kier molecular flexibility index (Phi) is 3.36. The fraction of sp³-hybridized carbons (Fsp3) is 0.389. The minimum atomic E-state index is 0.755. The Labute approximate surface area is 126 Å². The molecule has 1 saturated carbocycles. The number of benzene rings is 1. The van der Waals surface area contributed by atoms with Crippen LogP contribution in [0.15, 0.2) is 42.6 Å². The predicted octanol–water partition coefficient (Wildman–Crippen LogP) is 2.90. The molecule has 2 heterocycles. The van der Waals surface area contributed by atoms with E-state index in [0.717, 1.165) is 37.8 Å². The van der Waals surface area contributed by atoms with Crippen LogP contribution in [0.1, 0.15) is 29.7 Å². The number of rotatable bonds is 5. The molecule has 1 aromatic carbocycles. The summed E-state index contributed by atoms with van der Waals surface area (Å²) < 4.78 is 0. The first-order chi connectivity index (χ1) is 10.4. The van der Waals surface area contributed by atoms with Gasteiger partial charge in [-0.25, -0.2) is 0 Å². The average molecular weight is 279 g/mol. The Hall–Kier alpha value is -1.87. The SMILES string of the molecule is c1ccc2c(c1)CCN2Cc1ccc(CNC2CC2)cn1. The van der Waals surface area contributed by atoms with Gasteiger partial charge in [-0.05, 0) is 42.5 Å². The number of nitrogens with zero attached hydrogens (tertiary/aromatic N) is 2. The van der Waals surface area contributed by atoms with Crippen molar-refractivity contribution in [2.24, 2.45) is 0 Å². The third-order valence-corrected chi connectivity index (χ3v) is 4.39. The van der Waals surface area contributed by atoms with Crippen LogP contribution >= 0.6 is 0 Å². The molecule has 108 valence electrons. The minimum Gasteiger partial charge on any atom is -0.365 e. The zero-order chi connectivity index (χ0) is 14.1. The molecule has 1 aromatic heterocycles. The molecule has 2 aliphatic rings. The molecule has 0 atom stereocenters. The van der Waals surface area contributed by atoms with Crippen LogP contribution < -0.4 is 10.2 Å². The van der Waals surface area contributed by atoms with Gasteiger partial charge in [0.25, 0.3) is 0 Å². The van der Waals surface area contributed by atoms with Gasteiger partial charge >= 0.3 is 0 Å². The molecule has 0 amide bonds. The molecule has 3 nitrogen and oxygen atoms in total. The summed E-state index contributed by atoms with van der Waals surface area (Å²) in [6.07, 6.45) is 5.84. The first kappa shape index (κ1) is 12.8. The monoisotopic (exact) mass is 279 g/mol. The maximum atomic E-state index is 4.63. The average Bonchev–Trinajstić information content (AvgIpc) is 3.28. The van der Waals surface area contributed by atoms with E-state index in [0.29, 0.717) is 0 Å². The summed E-state index contributed by atoms with van der Waals surface area (Å²) in [5.41, 5.74) is 5.27. The zero-order valence-electron chi connectivity index (χ0n) is 12.3. The lowest BCUT2D eigenvalue weighted by atomic mass is 10.2. The number of nitrogens with one attached hydrogen (secondary N) is 1. The number of pyridine rings is 1. The molecule has 0 unspecified atom stereocenters. The van der Waals surface area contributed by atoms with Gasteiger partial charge in [0.15, 0.2) is 0 Å². The number of aromatic nitrogens is 1. The van der Waals surface area contributed by atoms with Crippen molar-refractivity contribution in [2.75, 3.05) is 11.4 Å². The second-order valence-electron chi connectivity index (χ2n) is 6.11. The normalized spacial score (nSPS) is 17.0. The van der Waals surface area contributed by atoms with Crippen molar-refractivity contribution in [2.45, 2.75) is 38.4 Å². The quantitative estimate of drug-likeness (QED) is 0.912. The van der Waals surface area contributed by atoms with E-state index in [1.807, 2.05) is 6.20 Å². The van der Waals surface area contributed by atoms with Gasteiger partial charge in [0.05, 0.1) is 12.2 Å². The predicted molar refractivity (Wildman–Crippen MR) is 85.3 cm³/mol. The molecule has 1 aliphatic heterocycles. The largest absolute Gasteiger partial charge is 0.365 e. The van der Waals surface area contributed by atoms with Gasteiger partial charge in [-0.3, -0.25) is 4.98 Å². The lowest BCUT2D eigenvalue weighted by molar-refractivity contribution is 0.684. The number of hydrogen-bond acceptors (Lipinski definition) is 3. The van der Waals surface area contributed by atoms with Gasteiger partial charge < -0.3 is 10.2 Å². The zero-order valence-corrected chi connectivity index (χ0v) is 12.3. The highest BCUT2D eigenvalue weighted by Crippen LogP contribution is 2.28. The van der Waals surface area contributed by atoms with Crippen LogP contribution in [0.3, 0.4) is 0 Å². The van der Waals surface area contributed by atoms with E-state index in [4.69, 9.17) is 0 Å². The van der Waals surface area contributed by atoms with Gasteiger partial charge in [0.1, 0.15) is 0 Å². The van der Waals surface area contributed by atoms with Gasteiger partial charge in [-0.2, -0.15) is 0 Å². The Bertz CT molecular complexity index is 617. The van der Waals surface area contributed by atoms with Crippen LogP contribution in [0.4, 0.5) is 5.69 Å². The molecule has 0 spiro atoms. The van der Waals surface area contributed by atoms with Crippen LogP contribution in [0.25, 0.3) is 0 Å². The highest BCUT2D eigenvalue weighted by molar-refractivity contribution is 5.57. The van der Waals surface area contributed by atoms with Crippen molar-refractivity contribution in [3.8, 4) is 0 Å². The third-order valence-electron chi connectivity index (χ3n) is 4.39. The maximum Gasteiger partial charge on any atom is 0.0602 e. The summed E-state index contributed by atoms with van der Waals surface area (Å²) in [7, 11) is 0. The Morgan fingerprint density at radius 3 is 2.86 bits per heavy atom. The smallest absolute Gasteiger partial charge is 0.0602 e. The van der Waals surface area contributed by atoms with Crippen LogP contribution in [-0.2, 0) is 19.5 Å². The summed E-state index contributed by atoms with van der Waals surface area (Å²) in [6, 6.07) is 13.8. The first-order valence-corrected chi connectivity index (χ1v) is 7.88. The Morgan fingerprint density at radius 1 is 1.14 bits per heavy atom. The van der Waals surface area contributed by atoms with Gasteiger partial charge in [0, 0.05) is 31.0 Å². The molecule has 1 fully saturated rings. The van der Waals surface area contributed by atoms with Gasteiger partial charge in [-0.1, -0.05) is 24.3 Å². The van der Waals surface area contributed by atoms with Crippen molar-refractivity contribution in [1.82, 2.24) is 10.3 Å². The molecule has 21 heavy (non-hydrogen) atoms. The second kappa shape index (κ2) is 5.49.